The van der Waals surface area contributed by atoms with Crippen LogP contribution in [0.5, 0.6) is 0 Å². The first-order valence-corrected chi connectivity index (χ1v) is 6.24. The summed E-state index contributed by atoms with van der Waals surface area (Å²) in [5, 5.41) is 20.0. The summed E-state index contributed by atoms with van der Waals surface area (Å²) in [5.41, 5.74) is 0. The van der Waals surface area contributed by atoms with Gasteiger partial charge in [-0.2, -0.15) is 0 Å². The van der Waals surface area contributed by atoms with Gasteiger partial charge in [-0.15, -0.1) is 0 Å². The third-order valence-electron chi connectivity index (χ3n) is 3.27. The fraction of sp³-hybridized carbons (Fsp3) is 0.750. The molecule has 1 aliphatic carbocycles. The lowest BCUT2D eigenvalue weighted by atomic mass is 9.84. The van der Waals surface area contributed by atoms with Crippen LogP contribution in [0.4, 0.5) is 0 Å². The van der Waals surface area contributed by atoms with Gasteiger partial charge in [0, 0.05) is 6.42 Å². The van der Waals surface area contributed by atoms with Crippen LogP contribution in [0.1, 0.15) is 44.9 Å². The Morgan fingerprint density at radius 1 is 1.06 bits per heavy atom. The Morgan fingerprint density at radius 3 is 2.17 bits per heavy atom. The molecule has 1 saturated carbocycles. The molecule has 102 valence electrons. The molecule has 0 aromatic carbocycles. The number of rotatable bonds is 6. The van der Waals surface area contributed by atoms with Gasteiger partial charge in [0.1, 0.15) is 6.04 Å². The number of carbonyl (C=O) groups is 3. The molecule has 1 aliphatic rings. The van der Waals surface area contributed by atoms with Gasteiger partial charge in [0.05, 0.1) is 6.42 Å². The fourth-order valence-electron chi connectivity index (χ4n) is 2.31. The second-order valence-corrected chi connectivity index (χ2v) is 4.68. The Labute approximate surface area is 105 Å². The van der Waals surface area contributed by atoms with E-state index in [4.69, 9.17) is 10.2 Å². The molecule has 6 nitrogen and oxygen atoms in total. The van der Waals surface area contributed by atoms with Crippen molar-refractivity contribution in [3.05, 3.63) is 0 Å². The number of aliphatic carboxylic acids is 2. The van der Waals surface area contributed by atoms with Crippen LogP contribution >= 0.6 is 0 Å². The van der Waals surface area contributed by atoms with E-state index in [1.807, 2.05) is 0 Å². The van der Waals surface area contributed by atoms with Crippen LogP contribution in [0, 0.1) is 5.92 Å². The second kappa shape index (κ2) is 6.98. The molecule has 0 saturated heterocycles. The Kier molecular flexibility index (Phi) is 5.61. The maximum atomic E-state index is 11.5. The maximum absolute atomic E-state index is 11.5. The van der Waals surface area contributed by atoms with Crippen molar-refractivity contribution < 1.29 is 24.6 Å². The Morgan fingerprint density at radius 2 is 1.67 bits per heavy atom. The van der Waals surface area contributed by atoms with Gasteiger partial charge >= 0.3 is 11.9 Å². The predicted molar refractivity (Wildman–Crippen MR) is 63.0 cm³/mol. The number of hydrogen-bond acceptors (Lipinski definition) is 3. The van der Waals surface area contributed by atoms with Gasteiger partial charge in [-0.05, 0) is 18.8 Å². The highest BCUT2D eigenvalue weighted by molar-refractivity contribution is 5.85. The first kappa shape index (κ1) is 14.5. The van der Waals surface area contributed by atoms with Gasteiger partial charge in [-0.1, -0.05) is 19.3 Å². The summed E-state index contributed by atoms with van der Waals surface area (Å²) in [6.45, 7) is 0. The number of carboxylic acids is 2. The summed E-state index contributed by atoms with van der Waals surface area (Å²) in [6.07, 6.45) is 4.23. The summed E-state index contributed by atoms with van der Waals surface area (Å²) < 4.78 is 0. The van der Waals surface area contributed by atoms with Crippen LogP contribution in [0.25, 0.3) is 0 Å². The highest BCUT2D eigenvalue weighted by Gasteiger charge is 2.30. The largest absolute Gasteiger partial charge is 0.481 e. The van der Waals surface area contributed by atoms with Crippen LogP contribution in [-0.4, -0.2) is 34.1 Å². The summed E-state index contributed by atoms with van der Waals surface area (Å²) in [4.78, 5) is 32.9. The third-order valence-corrected chi connectivity index (χ3v) is 3.27. The highest BCUT2D eigenvalue weighted by atomic mass is 16.4. The zero-order chi connectivity index (χ0) is 13.5. The average molecular weight is 257 g/mol. The van der Waals surface area contributed by atoms with Crippen LogP contribution in [0.3, 0.4) is 0 Å². The van der Waals surface area contributed by atoms with E-state index in [1.165, 1.54) is 0 Å². The molecule has 0 aromatic heterocycles. The first-order chi connectivity index (χ1) is 8.50. The van der Waals surface area contributed by atoms with E-state index in [1.54, 1.807) is 0 Å². The first-order valence-electron chi connectivity index (χ1n) is 6.24. The third kappa shape index (κ3) is 4.73. The highest BCUT2D eigenvalue weighted by Crippen LogP contribution is 2.26. The Hall–Kier alpha value is -1.59. The molecular weight excluding hydrogens is 238 g/mol. The molecule has 3 N–H and O–H groups in total. The molecular formula is C12H19NO5. The molecule has 18 heavy (non-hydrogen) atoms. The summed E-state index contributed by atoms with van der Waals surface area (Å²) in [5.74, 6) is -2.64. The quantitative estimate of drug-likeness (QED) is 0.658. The molecule has 1 atom stereocenters. The minimum atomic E-state index is -1.06. The van der Waals surface area contributed by atoms with Crippen molar-refractivity contribution in [3.63, 3.8) is 0 Å². The zero-order valence-electron chi connectivity index (χ0n) is 10.2. The van der Waals surface area contributed by atoms with Crippen molar-refractivity contribution in [2.45, 2.75) is 51.0 Å². The van der Waals surface area contributed by atoms with Gasteiger partial charge in [0.25, 0.3) is 0 Å². The molecule has 6 heteroatoms. The second-order valence-electron chi connectivity index (χ2n) is 4.68. The number of hydrogen-bond donors (Lipinski definition) is 3. The Bertz CT molecular complexity index is 322. The lowest BCUT2D eigenvalue weighted by Crippen LogP contribution is -2.46. The lowest BCUT2D eigenvalue weighted by Gasteiger charge is -2.27. The minimum absolute atomic E-state index is 0.0370. The van der Waals surface area contributed by atoms with E-state index in [2.05, 4.69) is 5.32 Å². The van der Waals surface area contributed by atoms with Crippen molar-refractivity contribution in [1.82, 2.24) is 5.32 Å². The van der Waals surface area contributed by atoms with E-state index in [0.29, 0.717) is 0 Å². The monoisotopic (exact) mass is 257 g/mol. The van der Waals surface area contributed by atoms with E-state index in [9.17, 15) is 14.4 Å². The zero-order valence-corrected chi connectivity index (χ0v) is 10.2. The van der Waals surface area contributed by atoms with Gasteiger partial charge in [-0.25, -0.2) is 4.79 Å². The van der Waals surface area contributed by atoms with E-state index in [0.717, 1.165) is 32.1 Å². The molecule has 0 unspecified atom stereocenters. The molecule has 1 rings (SSSR count). The number of carbonyl (C=O) groups excluding carboxylic acids is 1. The normalized spacial score (nSPS) is 18.0. The standard InChI is InChI=1S/C12H19NO5/c14-9(6-7-10(15)16)13-11(12(17)18)8-4-2-1-3-5-8/h8,11H,1-7H2,(H,13,14)(H,15,16)(H,17,18)/t11-/m0/s1. The molecule has 0 bridgehead atoms. The Balaban J connectivity index is 2.48. The molecule has 0 aliphatic heterocycles. The fourth-order valence-corrected chi connectivity index (χ4v) is 2.31. The molecule has 0 radical (unpaired) electrons. The average Bonchev–Trinajstić information content (AvgIpc) is 2.34. The number of nitrogens with one attached hydrogen (secondary N) is 1. The van der Waals surface area contributed by atoms with E-state index < -0.39 is 23.9 Å². The number of carboxylic acid groups (broad SMARTS) is 2. The van der Waals surface area contributed by atoms with E-state index in [-0.39, 0.29) is 18.8 Å². The molecule has 0 spiro atoms. The van der Waals surface area contributed by atoms with Crippen LogP contribution in [0.15, 0.2) is 0 Å². The van der Waals surface area contributed by atoms with Crippen molar-refractivity contribution in [1.29, 1.82) is 0 Å². The van der Waals surface area contributed by atoms with Gasteiger partial charge < -0.3 is 15.5 Å². The molecule has 0 aromatic rings. The smallest absolute Gasteiger partial charge is 0.326 e. The van der Waals surface area contributed by atoms with Crippen LogP contribution in [-0.2, 0) is 14.4 Å². The minimum Gasteiger partial charge on any atom is -0.481 e. The molecule has 1 fully saturated rings. The lowest BCUT2D eigenvalue weighted by molar-refractivity contribution is -0.144. The summed E-state index contributed by atoms with van der Waals surface area (Å²) in [6, 6.07) is -0.883. The van der Waals surface area contributed by atoms with Crippen LogP contribution in [0.2, 0.25) is 0 Å². The van der Waals surface area contributed by atoms with E-state index >= 15 is 0 Å². The van der Waals surface area contributed by atoms with Crippen molar-refractivity contribution in [3.8, 4) is 0 Å². The van der Waals surface area contributed by atoms with Gasteiger partial charge in [-0.3, -0.25) is 9.59 Å². The predicted octanol–water partition coefficient (Wildman–Crippen LogP) is 1.00. The van der Waals surface area contributed by atoms with Crippen LogP contribution < -0.4 is 5.32 Å². The van der Waals surface area contributed by atoms with Crippen molar-refractivity contribution >= 4 is 17.8 Å². The SMILES string of the molecule is O=C(O)CCC(=O)N[C@H](C(=O)O)C1CCCCC1. The summed E-state index contributed by atoms with van der Waals surface area (Å²) in [7, 11) is 0. The molecule has 1 amide bonds. The van der Waals surface area contributed by atoms with Gasteiger partial charge in [0.15, 0.2) is 0 Å². The van der Waals surface area contributed by atoms with Gasteiger partial charge in [0.2, 0.25) is 5.91 Å². The summed E-state index contributed by atoms with van der Waals surface area (Å²) >= 11 is 0. The maximum Gasteiger partial charge on any atom is 0.326 e. The molecule has 0 heterocycles. The van der Waals surface area contributed by atoms with Crippen molar-refractivity contribution in [2.24, 2.45) is 5.92 Å². The topological polar surface area (TPSA) is 104 Å². The van der Waals surface area contributed by atoms with Crippen molar-refractivity contribution in [2.75, 3.05) is 0 Å². The number of amides is 1.